The van der Waals surface area contributed by atoms with Crippen LogP contribution in [0, 0.1) is 0 Å². The number of aromatic nitrogens is 1. The Morgan fingerprint density at radius 3 is 3.09 bits per heavy atom. The van der Waals surface area contributed by atoms with Gasteiger partial charge in [0, 0.05) is 39.0 Å². The average Bonchev–Trinajstić information content (AvgIpc) is 3.17. The van der Waals surface area contributed by atoms with E-state index in [1.54, 1.807) is 22.9 Å². The van der Waals surface area contributed by atoms with Gasteiger partial charge in [-0.2, -0.15) is 11.8 Å². The maximum atomic E-state index is 12.5. The third-order valence-electron chi connectivity index (χ3n) is 4.30. The van der Waals surface area contributed by atoms with Gasteiger partial charge < -0.3 is 19.6 Å². The van der Waals surface area contributed by atoms with Gasteiger partial charge in [0.25, 0.3) is 5.91 Å². The van der Waals surface area contributed by atoms with Gasteiger partial charge in [-0.05, 0) is 24.3 Å². The molecule has 1 aromatic rings. The lowest BCUT2D eigenvalue weighted by molar-refractivity contribution is -0.147. The van der Waals surface area contributed by atoms with Crippen LogP contribution >= 0.6 is 11.8 Å². The van der Waals surface area contributed by atoms with Crippen LogP contribution in [0.15, 0.2) is 18.3 Å². The van der Waals surface area contributed by atoms with Crippen molar-refractivity contribution in [2.45, 2.75) is 24.5 Å². The zero-order valence-electron chi connectivity index (χ0n) is 13.6. The Morgan fingerprint density at radius 2 is 2.39 bits per heavy atom. The molecule has 0 unspecified atom stereocenters. The maximum Gasteiger partial charge on any atom is 0.255 e. The summed E-state index contributed by atoms with van der Waals surface area (Å²) < 4.78 is 6.06. The van der Waals surface area contributed by atoms with Crippen LogP contribution in [-0.2, 0) is 4.79 Å². The van der Waals surface area contributed by atoms with Crippen molar-refractivity contribution in [3.8, 4) is 5.75 Å². The second-order valence-electron chi connectivity index (χ2n) is 6.33. The van der Waals surface area contributed by atoms with Crippen LogP contribution in [0.5, 0.6) is 5.75 Å². The Kier molecular flexibility index (Phi) is 4.68. The molecular formula is C16H23N3O3S. The van der Waals surface area contributed by atoms with Crippen LogP contribution in [0.25, 0.3) is 0 Å². The lowest BCUT2D eigenvalue weighted by atomic mass is 10.0. The highest BCUT2D eigenvalue weighted by atomic mass is 32.2. The fraction of sp³-hybridized carbons (Fsp3) is 0.625. The van der Waals surface area contributed by atoms with E-state index in [1.807, 2.05) is 31.1 Å². The summed E-state index contributed by atoms with van der Waals surface area (Å²) in [5.74, 6) is 2.71. The third-order valence-corrected chi connectivity index (χ3v) is 5.47. The Labute approximate surface area is 140 Å². The van der Waals surface area contributed by atoms with Crippen molar-refractivity contribution in [2.75, 3.05) is 43.6 Å². The predicted molar refractivity (Wildman–Crippen MR) is 91.1 cm³/mol. The minimum Gasteiger partial charge on any atom is -0.485 e. The predicted octanol–water partition coefficient (Wildman–Crippen LogP) is 0.995. The molecule has 1 aromatic heterocycles. The van der Waals surface area contributed by atoms with Gasteiger partial charge in [-0.15, -0.1) is 0 Å². The van der Waals surface area contributed by atoms with E-state index in [0.29, 0.717) is 25.3 Å². The van der Waals surface area contributed by atoms with Crippen LogP contribution in [0.2, 0.25) is 0 Å². The molecule has 2 fully saturated rings. The fourth-order valence-corrected chi connectivity index (χ4v) is 4.25. The monoisotopic (exact) mass is 337 g/mol. The first-order valence-electron chi connectivity index (χ1n) is 7.88. The molecule has 3 heterocycles. The minimum atomic E-state index is -1.18. The molecule has 0 radical (unpaired) electrons. The molecule has 2 aliphatic rings. The molecule has 6 nitrogen and oxygen atoms in total. The first-order valence-corrected chi connectivity index (χ1v) is 9.03. The number of carbonyl (C=O) groups excluding carboxylic acids is 1. The first kappa shape index (κ1) is 16.4. The van der Waals surface area contributed by atoms with Crippen LogP contribution in [0.1, 0.15) is 12.8 Å². The van der Waals surface area contributed by atoms with Crippen molar-refractivity contribution in [2.24, 2.45) is 0 Å². The van der Waals surface area contributed by atoms with Gasteiger partial charge in [-0.1, -0.05) is 0 Å². The number of carbonyl (C=O) groups is 1. The van der Waals surface area contributed by atoms with Crippen molar-refractivity contribution >= 4 is 23.5 Å². The van der Waals surface area contributed by atoms with Gasteiger partial charge in [-0.25, -0.2) is 4.98 Å². The van der Waals surface area contributed by atoms with E-state index in [4.69, 9.17) is 4.74 Å². The summed E-state index contributed by atoms with van der Waals surface area (Å²) in [4.78, 5) is 20.5. The van der Waals surface area contributed by atoms with Crippen molar-refractivity contribution in [3.05, 3.63) is 18.3 Å². The zero-order valence-corrected chi connectivity index (χ0v) is 14.4. The Balaban J connectivity index is 1.63. The second kappa shape index (κ2) is 6.57. The molecule has 2 saturated heterocycles. The number of ether oxygens (including phenoxy) is 1. The summed E-state index contributed by atoms with van der Waals surface area (Å²) in [7, 11) is 3.85. The number of pyridine rings is 1. The van der Waals surface area contributed by atoms with E-state index in [-0.39, 0.29) is 12.0 Å². The molecule has 0 bridgehead atoms. The number of thioether (sulfide) groups is 1. The van der Waals surface area contributed by atoms with E-state index in [9.17, 15) is 9.90 Å². The molecule has 1 N–H and O–H groups in total. The van der Waals surface area contributed by atoms with E-state index in [2.05, 4.69) is 4.98 Å². The molecule has 0 spiro atoms. The summed E-state index contributed by atoms with van der Waals surface area (Å²) in [5, 5.41) is 10.4. The number of rotatable bonds is 4. The molecule has 0 aromatic carbocycles. The number of hydrogen-bond acceptors (Lipinski definition) is 6. The van der Waals surface area contributed by atoms with Gasteiger partial charge in [0.1, 0.15) is 6.10 Å². The molecule has 3 rings (SSSR count). The second-order valence-corrected chi connectivity index (χ2v) is 7.44. The Bertz CT molecular complexity index is 575. The van der Waals surface area contributed by atoms with Gasteiger partial charge in [0.15, 0.2) is 17.2 Å². The molecular weight excluding hydrogens is 314 g/mol. The van der Waals surface area contributed by atoms with E-state index in [0.717, 1.165) is 23.7 Å². The molecule has 1 amide bonds. The lowest BCUT2D eigenvalue weighted by Gasteiger charge is -2.27. The van der Waals surface area contributed by atoms with Crippen molar-refractivity contribution in [1.82, 2.24) is 9.88 Å². The molecule has 0 aliphatic carbocycles. The molecule has 0 saturated carbocycles. The van der Waals surface area contributed by atoms with Crippen molar-refractivity contribution < 1.29 is 14.6 Å². The van der Waals surface area contributed by atoms with Crippen LogP contribution < -0.4 is 9.64 Å². The van der Waals surface area contributed by atoms with Gasteiger partial charge >= 0.3 is 0 Å². The highest BCUT2D eigenvalue weighted by Crippen LogP contribution is 2.32. The Morgan fingerprint density at radius 1 is 1.57 bits per heavy atom. The summed E-state index contributed by atoms with van der Waals surface area (Å²) in [5.41, 5.74) is -1.18. The van der Waals surface area contributed by atoms with Crippen molar-refractivity contribution in [3.63, 3.8) is 0 Å². The average molecular weight is 337 g/mol. The highest BCUT2D eigenvalue weighted by molar-refractivity contribution is 7.99. The lowest BCUT2D eigenvalue weighted by Crippen LogP contribution is -2.48. The number of nitrogens with zero attached hydrogens (tertiary/aromatic N) is 3. The molecule has 7 heteroatoms. The van der Waals surface area contributed by atoms with Crippen LogP contribution in [-0.4, -0.2) is 71.3 Å². The van der Waals surface area contributed by atoms with E-state index < -0.39 is 5.60 Å². The van der Waals surface area contributed by atoms with Crippen LogP contribution in [0.3, 0.4) is 0 Å². The van der Waals surface area contributed by atoms with E-state index in [1.165, 1.54) is 0 Å². The molecule has 2 aliphatic heterocycles. The number of anilines is 1. The summed E-state index contributed by atoms with van der Waals surface area (Å²) in [6.07, 6.45) is 3.00. The van der Waals surface area contributed by atoms with Gasteiger partial charge in [0.2, 0.25) is 0 Å². The number of likely N-dealkylation sites (tertiary alicyclic amines) is 1. The molecule has 23 heavy (non-hydrogen) atoms. The summed E-state index contributed by atoms with van der Waals surface area (Å²) in [6.45, 7) is 1.15. The van der Waals surface area contributed by atoms with E-state index >= 15 is 0 Å². The normalized spacial score (nSPS) is 27.3. The molecule has 2 atom stereocenters. The molecule has 126 valence electrons. The standard InChI is InChI=1S/C16H23N3O3S/c1-18(2)14-13(4-3-7-17-14)22-12-5-8-19(10-12)15(20)16(21)6-9-23-11-16/h3-4,7,12,21H,5-6,8-11H2,1-2H3/t12-,16-/m1/s1. The maximum absolute atomic E-state index is 12.5. The van der Waals surface area contributed by atoms with Gasteiger partial charge in [-0.3, -0.25) is 4.79 Å². The highest BCUT2D eigenvalue weighted by Gasteiger charge is 2.44. The fourth-order valence-electron chi connectivity index (χ4n) is 3.02. The van der Waals surface area contributed by atoms with Crippen LogP contribution in [0.4, 0.5) is 5.82 Å². The SMILES string of the molecule is CN(C)c1ncccc1O[C@@H]1CCN(C(=O)[C@@]2(O)CCSC2)C1. The summed E-state index contributed by atoms with van der Waals surface area (Å²) >= 11 is 1.63. The number of aliphatic hydroxyl groups is 1. The Hall–Kier alpha value is -1.47. The first-order chi connectivity index (χ1) is 11.0. The van der Waals surface area contributed by atoms with Gasteiger partial charge in [0.05, 0.1) is 6.54 Å². The summed E-state index contributed by atoms with van der Waals surface area (Å²) in [6, 6.07) is 3.74. The third kappa shape index (κ3) is 3.40. The number of amides is 1. The minimum absolute atomic E-state index is 0.0560. The van der Waals surface area contributed by atoms with Crippen molar-refractivity contribution in [1.29, 1.82) is 0 Å². The smallest absolute Gasteiger partial charge is 0.255 e. The number of hydrogen-bond donors (Lipinski definition) is 1. The zero-order chi connectivity index (χ0) is 16.4. The largest absolute Gasteiger partial charge is 0.485 e. The topological polar surface area (TPSA) is 65.9 Å². The quantitative estimate of drug-likeness (QED) is 0.884.